The van der Waals surface area contributed by atoms with Gasteiger partial charge in [0.25, 0.3) is 0 Å². The van der Waals surface area contributed by atoms with E-state index in [-0.39, 0.29) is 17.6 Å². The second-order valence-electron chi connectivity index (χ2n) is 3.94. The van der Waals surface area contributed by atoms with E-state index >= 15 is 0 Å². The lowest BCUT2D eigenvalue weighted by Gasteiger charge is -2.12. The van der Waals surface area contributed by atoms with Crippen LogP contribution in [0.4, 0.5) is 4.39 Å². The number of hydrogen-bond acceptors (Lipinski definition) is 3. The van der Waals surface area contributed by atoms with Crippen LogP contribution in [0.15, 0.2) is 34.1 Å². The third-order valence-corrected chi connectivity index (χ3v) is 4.37. The van der Waals surface area contributed by atoms with E-state index in [1.54, 1.807) is 23.5 Å². The fraction of sp³-hybridized carbons (Fsp3) is 0.231. The fourth-order valence-electron chi connectivity index (χ4n) is 1.70. The van der Waals surface area contributed by atoms with Crippen LogP contribution in [0.25, 0.3) is 0 Å². The summed E-state index contributed by atoms with van der Waals surface area (Å²) in [4.78, 5) is 1.19. The van der Waals surface area contributed by atoms with Crippen molar-refractivity contribution < 1.29 is 9.13 Å². The molecule has 96 valence electrons. The van der Waals surface area contributed by atoms with Gasteiger partial charge in [-0.2, -0.15) is 0 Å². The Morgan fingerprint density at radius 2 is 2.22 bits per heavy atom. The van der Waals surface area contributed by atoms with Gasteiger partial charge in [0.2, 0.25) is 0 Å². The average Bonchev–Trinajstić information content (AvgIpc) is 2.75. The number of benzene rings is 1. The monoisotopic (exact) mass is 329 g/mol. The second-order valence-corrected chi connectivity index (χ2v) is 5.85. The lowest BCUT2D eigenvalue weighted by atomic mass is 10.0. The largest absolute Gasteiger partial charge is 0.494 e. The molecule has 0 bridgehead atoms. The van der Waals surface area contributed by atoms with E-state index in [1.807, 2.05) is 11.4 Å². The van der Waals surface area contributed by atoms with Gasteiger partial charge >= 0.3 is 0 Å². The number of methoxy groups -OCH3 is 1. The maximum atomic E-state index is 13.3. The molecule has 0 radical (unpaired) electrons. The Morgan fingerprint density at radius 3 is 2.83 bits per heavy atom. The highest BCUT2D eigenvalue weighted by Crippen LogP contribution is 2.27. The van der Waals surface area contributed by atoms with E-state index in [0.717, 1.165) is 16.5 Å². The molecule has 1 aromatic heterocycles. The number of ether oxygens (including phenoxy) is 1. The lowest BCUT2D eigenvalue weighted by molar-refractivity contribution is 0.385. The molecule has 2 nitrogen and oxygen atoms in total. The van der Waals surface area contributed by atoms with Crippen molar-refractivity contribution >= 4 is 27.3 Å². The molecule has 0 amide bonds. The molecule has 0 saturated heterocycles. The fourth-order valence-corrected chi connectivity index (χ4v) is 3.21. The molecule has 2 rings (SSSR count). The molecule has 0 aliphatic carbocycles. The predicted molar refractivity (Wildman–Crippen MR) is 75.6 cm³/mol. The van der Waals surface area contributed by atoms with Gasteiger partial charge in [-0.1, -0.05) is 6.07 Å². The summed E-state index contributed by atoms with van der Waals surface area (Å²) in [6.07, 6.45) is 0.727. The highest BCUT2D eigenvalue weighted by atomic mass is 79.9. The van der Waals surface area contributed by atoms with Gasteiger partial charge in [0, 0.05) is 27.2 Å². The van der Waals surface area contributed by atoms with Crippen LogP contribution >= 0.6 is 27.3 Å². The molecule has 1 atom stereocenters. The van der Waals surface area contributed by atoms with Crippen molar-refractivity contribution in [3.8, 4) is 5.75 Å². The van der Waals surface area contributed by atoms with Crippen molar-refractivity contribution in [2.75, 3.05) is 7.11 Å². The van der Waals surface area contributed by atoms with Gasteiger partial charge in [-0.25, -0.2) is 4.39 Å². The first-order valence-electron chi connectivity index (χ1n) is 5.42. The minimum Gasteiger partial charge on any atom is -0.494 e. The zero-order valence-electron chi connectivity index (χ0n) is 9.82. The van der Waals surface area contributed by atoms with Crippen LogP contribution in [0, 0.1) is 5.82 Å². The van der Waals surface area contributed by atoms with Crippen molar-refractivity contribution in [2.45, 2.75) is 12.5 Å². The summed E-state index contributed by atoms with van der Waals surface area (Å²) in [5.74, 6) is -0.136. The molecule has 1 aromatic carbocycles. The Kier molecular flexibility index (Phi) is 4.37. The summed E-state index contributed by atoms with van der Waals surface area (Å²) in [6.45, 7) is 0. The highest BCUT2D eigenvalue weighted by molar-refractivity contribution is 9.10. The molecule has 0 aliphatic rings. The molecular weight excluding hydrogens is 317 g/mol. The molecular formula is C13H13BrFNOS. The SMILES string of the molecule is COc1cc(C(N)Cc2cc(Br)cs2)ccc1F. The smallest absolute Gasteiger partial charge is 0.165 e. The Morgan fingerprint density at radius 1 is 1.44 bits per heavy atom. The number of rotatable bonds is 4. The molecule has 2 aromatic rings. The Bertz CT molecular complexity index is 544. The maximum absolute atomic E-state index is 13.3. The van der Waals surface area contributed by atoms with Crippen LogP contribution in [0.5, 0.6) is 5.75 Å². The second kappa shape index (κ2) is 5.82. The van der Waals surface area contributed by atoms with Gasteiger partial charge in [0.1, 0.15) is 0 Å². The van der Waals surface area contributed by atoms with Crippen molar-refractivity contribution in [1.82, 2.24) is 0 Å². The van der Waals surface area contributed by atoms with E-state index in [2.05, 4.69) is 15.9 Å². The zero-order chi connectivity index (χ0) is 13.1. The van der Waals surface area contributed by atoms with Crippen molar-refractivity contribution in [3.05, 3.63) is 50.4 Å². The summed E-state index contributed by atoms with van der Waals surface area (Å²) in [5, 5.41) is 2.02. The van der Waals surface area contributed by atoms with Crippen LogP contribution in [0.2, 0.25) is 0 Å². The molecule has 0 aliphatic heterocycles. The third-order valence-electron chi connectivity index (χ3n) is 2.65. The zero-order valence-corrected chi connectivity index (χ0v) is 12.2. The number of hydrogen-bond donors (Lipinski definition) is 1. The molecule has 1 heterocycles. The van der Waals surface area contributed by atoms with E-state index in [0.29, 0.717) is 0 Å². The molecule has 1 unspecified atom stereocenters. The summed E-state index contributed by atoms with van der Waals surface area (Å²) < 4.78 is 19.3. The van der Waals surface area contributed by atoms with Gasteiger partial charge in [0.05, 0.1) is 7.11 Å². The minimum atomic E-state index is -0.368. The summed E-state index contributed by atoms with van der Waals surface area (Å²) in [5.41, 5.74) is 7.00. The molecule has 0 spiro atoms. The molecule has 0 saturated carbocycles. The normalized spacial score (nSPS) is 12.4. The Hall–Kier alpha value is -0.910. The van der Waals surface area contributed by atoms with Gasteiger partial charge in [-0.3, -0.25) is 0 Å². The van der Waals surface area contributed by atoms with E-state index in [9.17, 15) is 4.39 Å². The van der Waals surface area contributed by atoms with Crippen molar-refractivity contribution in [3.63, 3.8) is 0 Å². The van der Waals surface area contributed by atoms with Crippen LogP contribution in [0.3, 0.4) is 0 Å². The standard InChI is InChI=1S/C13H13BrFNOS/c1-17-13-4-8(2-3-11(13)15)12(16)6-10-5-9(14)7-18-10/h2-5,7,12H,6,16H2,1H3. The van der Waals surface area contributed by atoms with Gasteiger partial charge in [-0.05, 0) is 39.7 Å². The lowest BCUT2D eigenvalue weighted by Crippen LogP contribution is -2.13. The topological polar surface area (TPSA) is 35.2 Å². The average molecular weight is 330 g/mol. The molecule has 0 fully saturated rings. The van der Waals surface area contributed by atoms with Crippen LogP contribution < -0.4 is 10.5 Å². The third kappa shape index (κ3) is 3.10. The Labute approximate surface area is 118 Å². The van der Waals surface area contributed by atoms with Crippen molar-refractivity contribution in [1.29, 1.82) is 0 Å². The first-order valence-corrected chi connectivity index (χ1v) is 7.09. The van der Waals surface area contributed by atoms with E-state index in [1.165, 1.54) is 18.1 Å². The quantitative estimate of drug-likeness (QED) is 0.923. The van der Waals surface area contributed by atoms with Gasteiger partial charge in [0.15, 0.2) is 11.6 Å². The predicted octanol–water partition coefficient (Wildman–Crippen LogP) is 3.90. The number of nitrogens with two attached hydrogens (primary N) is 1. The first kappa shape index (κ1) is 13.5. The minimum absolute atomic E-state index is 0.162. The highest BCUT2D eigenvalue weighted by Gasteiger charge is 2.11. The van der Waals surface area contributed by atoms with Gasteiger partial charge in [-0.15, -0.1) is 11.3 Å². The number of halogens is 2. The Balaban J connectivity index is 2.15. The maximum Gasteiger partial charge on any atom is 0.165 e. The van der Waals surface area contributed by atoms with Crippen LogP contribution in [-0.4, -0.2) is 7.11 Å². The first-order chi connectivity index (χ1) is 8.60. The number of thiophene rings is 1. The van der Waals surface area contributed by atoms with E-state index < -0.39 is 0 Å². The van der Waals surface area contributed by atoms with Crippen molar-refractivity contribution in [2.24, 2.45) is 5.73 Å². The molecule has 5 heteroatoms. The molecule has 18 heavy (non-hydrogen) atoms. The summed E-state index contributed by atoms with van der Waals surface area (Å²) in [6, 6.07) is 6.63. The molecule has 2 N–H and O–H groups in total. The van der Waals surface area contributed by atoms with Crippen LogP contribution in [0.1, 0.15) is 16.5 Å². The van der Waals surface area contributed by atoms with E-state index in [4.69, 9.17) is 10.5 Å². The van der Waals surface area contributed by atoms with Gasteiger partial charge < -0.3 is 10.5 Å². The summed E-state index contributed by atoms with van der Waals surface area (Å²) in [7, 11) is 1.45. The summed E-state index contributed by atoms with van der Waals surface area (Å²) >= 11 is 5.06. The van der Waals surface area contributed by atoms with Crippen LogP contribution in [-0.2, 0) is 6.42 Å².